The van der Waals surface area contributed by atoms with Gasteiger partial charge in [-0.25, -0.2) is 4.79 Å². The Labute approximate surface area is 162 Å². The van der Waals surface area contributed by atoms with Crippen LogP contribution in [-0.2, 0) is 9.47 Å². The van der Waals surface area contributed by atoms with Crippen molar-refractivity contribution in [2.75, 3.05) is 39.5 Å². The molecule has 0 unspecified atom stereocenters. The van der Waals surface area contributed by atoms with E-state index in [9.17, 15) is 4.79 Å². The van der Waals surface area contributed by atoms with Crippen LogP contribution in [-0.4, -0.2) is 62.4 Å². The topological polar surface area (TPSA) is 89.2 Å². The molecule has 0 aliphatic carbocycles. The van der Waals surface area contributed by atoms with Gasteiger partial charge in [0, 0.05) is 38.9 Å². The smallest absolute Gasteiger partial charge is 0.409 e. The summed E-state index contributed by atoms with van der Waals surface area (Å²) in [7, 11) is 0. The zero-order chi connectivity index (χ0) is 16.9. The van der Waals surface area contributed by atoms with E-state index in [1.807, 2.05) is 6.92 Å². The Morgan fingerprint density at radius 3 is 2.54 bits per heavy atom. The van der Waals surface area contributed by atoms with E-state index < -0.39 is 0 Å². The van der Waals surface area contributed by atoms with Gasteiger partial charge in [0.05, 0.1) is 6.61 Å². The standard InChI is InChI=1S/C16H32N4O3.HI/c1-3-5-12-22-13-6-9-18-15(17)19-14-7-10-20(11-8-14)16(21)23-4-2;/h14H,3-13H2,1-2H3,(H3,17,18,19);1H. The normalized spacial score (nSPS) is 15.8. The number of aliphatic imine (C=N–C) groups is 1. The van der Waals surface area contributed by atoms with Gasteiger partial charge in [0.25, 0.3) is 0 Å². The molecule has 0 saturated carbocycles. The molecule has 0 aromatic heterocycles. The van der Waals surface area contributed by atoms with Crippen molar-refractivity contribution in [3.05, 3.63) is 0 Å². The molecule has 0 bridgehead atoms. The second kappa shape index (κ2) is 14.6. The first kappa shape index (κ1) is 23.2. The van der Waals surface area contributed by atoms with E-state index in [-0.39, 0.29) is 36.1 Å². The monoisotopic (exact) mass is 456 g/mol. The molecule has 8 heteroatoms. The van der Waals surface area contributed by atoms with E-state index in [0.717, 1.165) is 45.3 Å². The van der Waals surface area contributed by atoms with Gasteiger partial charge in [-0.05, 0) is 32.6 Å². The number of nitrogens with one attached hydrogen (secondary N) is 1. The number of carbonyl (C=O) groups excluding carboxylic acids is 1. The molecule has 1 rings (SSSR count). The Hall–Kier alpha value is -0.770. The van der Waals surface area contributed by atoms with Crippen LogP contribution < -0.4 is 11.1 Å². The predicted molar refractivity (Wildman–Crippen MR) is 107 cm³/mol. The molecular formula is C16H33IN4O3. The molecule has 1 aliphatic heterocycles. The Morgan fingerprint density at radius 1 is 1.25 bits per heavy atom. The third-order valence-corrected chi connectivity index (χ3v) is 3.74. The molecule has 0 atom stereocenters. The van der Waals surface area contributed by atoms with Crippen molar-refractivity contribution in [2.45, 2.75) is 52.0 Å². The summed E-state index contributed by atoms with van der Waals surface area (Å²) < 4.78 is 10.5. The van der Waals surface area contributed by atoms with Crippen LogP contribution in [0.15, 0.2) is 4.99 Å². The number of unbranched alkanes of at least 4 members (excludes halogenated alkanes) is 1. The van der Waals surface area contributed by atoms with E-state index in [0.29, 0.717) is 32.2 Å². The zero-order valence-corrected chi connectivity index (χ0v) is 17.3. The highest BCUT2D eigenvalue weighted by molar-refractivity contribution is 14.0. The van der Waals surface area contributed by atoms with Crippen LogP contribution in [0, 0.1) is 0 Å². The number of carbonyl (C=O) groups is 1. The average Bonchev–Trinajstić information content (AvgIpc) is 2.55. The van der Waals surface area contributed by atoms with Gasteiger partial charge in [-0.2, -0.15) is 0 Å². The first-order chi connectivity index (χ1) is 11.2. The van der Waals surface area contributed by atoms with Crippen LogP contribution >= 0.6 is 24.0 Å². The second-order valence-electron chi connectivity index (χ2n) is 5.69. The molecule has 0 spiro atoms. The highest BCUT2D eigenvalue weighted by atomic mass is 127. The molecule has 1 fully saturated rings. The largest absolute Gasteiger partial charge is 0.450 e. The third-order valence-electron chi connectivity index (χ3n) is 3.74. The number of amides is 1. The van der Waals surface area contributed by atoms with Crippen molar-refractivity contribution in [2.24, 2.45) is 10.7 Å². The van der Waals surface area contributed by atoms with Crippen LogP contribution in [0.3, 0.4) is 0 Å². The van der Waals surface area contributed by atoms with Gasteiger partial charge < -0.3 is 25.4 Å². The molecule has 3 N–H and O–H groups in total. The maximum Gasteiger partial charge on any atom is 0.409 e. The minimum Gasteiger partial charge on any atom is -0.450 e. The fourth-order valence-electron chi connectivity index (χ4n) is 2.39. The van der Waals surface area contributed by atoms with Gasteiger partial charge in [-0.15, -0.1) is 24.0 Å². The summed E-state index contributed by atoms with van der Waals surface area (Å²) in [4.78, 5) is 17.7. The summed E-state index contributed by atoms with van der Waals surface area (Å²) in [5, 5.41) is 3.23. The molecule has 24 heavy (non-hydrogen) atoms. The Bertz CT molecular complexity index is 361. The molecule has 1 aliphatic rings. The summed E-state index contributed by atoms with van der Waals surface area (Å²) in [6.07, 6.45) is 4.63. The predicted octanol–water partition coefficient (Wildman–Crippen LogP) is 2.34. The van der Waals surface area contributed by atoms with Crippen LogP contribution in [0.1, 0.15) is 46.0 Å². The quantitative estimate of drug-likeness (QED) is 0.241. The van der Waals surface area contributed by atoms with Crippen molar-refractivity contribution in [1.82, 2.24) is 10.2 Å². The Morgan fingerprint density at radius 2 is 1.92 bits per heavy atom. The Kier molecular flexibility index (Phi) is 14.1. The van der Waals surface area contributed by atoms with Crippen LogP contribution in [0.2, 0.25) is 0 Å². The molecular weight excluding hydrogens is 423 g/mol. The number of hydrogen-bond donors (Lipinski definition) is 2. The van der Waals surface area contributed by atoms with Gasteiger partial charge in [-0.1, -0.05) is 13.3 Å². The molecule has 0 radical (unpaired) electrons. The molecule has 142 valence electrons. The lowest BCUT2D eigenvalue weighted by molar-refractivity contribution is 0.0963. The van der Waals surface area contributed by atoms with Gasteiger partial charge >= 0.3 is 6.09 Å². The van der Waals surface area contributed by atoms with Gasteiger partial charge in [0.2, 0.25) is 0 Å². The first-order valence-electron chi connectivity index (χ1n) is 8.73. The van der Waals surface area contributed by atoms with Gasteiger partial charge in [-0.3, -0.25) is 4.99 Å². The van der Waals surface area contributed by atoms with Crippen molar-refractivity contribution in [3.63, 3.8) is 0 Å². The second-order valence-corrected chi connectivity index (χ2v) is 5.69. The summed E-state index contributed by atoms with van der Waals surface area (Å²) in [6, 6.07) is 0.269. The fraction of sp³-hybridized carbons (Fsp3) is 0.875. The number of ether oxygens (including phenoxy) is 2. The minimum absolute atomic E-state index is 0. The van der Waals surface area contributed by atoms with Gasteiger partial charge in [0.15, 0.2) is 5.96 Å². The van der Waals surface area contributed by atoms with Crippen LogP contribution in [0.4, 0.5) is 4.79 Å². The lowest BCUT2D eigenvalue weighted by Gasteiger charge is -2.31. The number of piperidine rings is 1. The molecule has 1 heterocycles. The summed E-state index contributed by atoms with van der Waals surface area (Å²) >= 11 is 0. The van der Waals surface area contributed by atoms with E-state index in [1.54, 1.807) is 4.90 Å². The molecule has 1 saturated heterocycles. The molecule has 7 nitrogen and oxygen atoms in total. The third kappa shape index (κ3) is 10.2. The van der Waals surface area contributed by atoms with Crippen molar-refractivity contribution < 1.29 is 14.3 Å². The van der Waals surface area contributed by atoms with Crippen LogP contribution in [0.5, 0.6) is 0 Å². The maximum absolute atomic E-state index is 11.6. The summed E-state index contributed by atoms with van der Waals surface area (Å²) in [6.45, 7) is 7.99. The first-order valence-corrected chi connectivity index (χ1v) is 8.73. The molecule has 0 aromatic carbocycles. The number of guanidine groups is 1. The summed E-state index contributed by atoms with van der Waals surface area (Å²) in [5.74, 6) is 0.480. The fourth-order valence-corrected chi connectivity index (χ4v) is 2.39. The number of nitrogens with two attached hydrogens (primary N) is 1. The number of rotatable bonds is 9. The number of nitrogens with zero attached hydrogens (tertiary/aromatic N) is 2. The highest BCUT2D eigenvalue weighted by Crippen LogP contribution is 2.11. The lowest BCUT2D eigenvalue weighted by Crippen LogP contribution is -2.48. The van der Waals surface area contributed by atoms with Crippen molar-refractivity contribution >= 4 is 36.0 Å². The number of halogens is 1. The van der Waals surface area contributed by atoms with Crippen LogP contribution in [0.25, 0.3) is 0 Å². The summed E-state index contributed by atoms with van der Waals surface area (Å²) in [5.41, 5.74) is 5.90. The zero-order valence-electron chi connectivity index (χ0n) is 15.0. The van der Waals surface area contributed by atoms with E-state index in [1.165, 1.54) is 0 Å². The molecule has 1 amide bonds. The van der Waals surface area contributed by atoms with E-state index in [4.69, 9.17) is 15.2 Å². The average molecular weight is 456 g/mol. The van der Waals surface area contributed by atoms with Gasteiger partial charge in [0.1, 0.15) is 0 Å². The van der Waals surface area contributed by atoms with E-state index >= 15 is 0 Å². The minimum atomic E-state index is -0.226. The number of likely N-dealkylation sites (tertiary alicyclic amines) is 1. The lowest BCUT2D eigenvalue weighted by atomic mass is 10.1. The van der Waals surface area contributed by atoms with Crippen molar-refractivity contribution in [1.29, 1.82) is 0 Å². The Balaban J connectivity index is 0.00000529. The SMILES string of the molecule is CCCCOCCCN=C(N)NC1CCN(C(=O)OCC)CC1.I. The molecule has 0 aromatic rings. The van der Waals surface area contributed by atoms with Crippen molar-refractivity contribution in [3.8, 4) is 0 Å². The van der Waals surface area contributed by atoms with E-state index in [2.05, 4.69) is 17.2 Å². The maximum atomic E-state index is 11.6. The highest BCUT2D eigenvalue weighted by Gasteiger charge is 2.23. The number of hydrogen-bond acceptors (Lipinski definition) is 4.